The van der Waals surface area contributed by atoms with E-state index >= 15 is 0 Å². The largest absolute Gasteiger partial charge is 0.508 e. The molecule has 4 heteroatoms. The summed E-state index contributed by atoms with van der Waals surface area (Å²) in [5, 5.41) is 12.1. The van der Waals surface area contributed by atoms with Gasteiger partial charge >= 0.3 is 0 Å². The Labute approximate surface area is 95.5 Å². The third kappa shape index (κ3) is 4.31. The molecule has 1 aromatic rings. The Kier molecular flexibility index (Phi) is 4.79. The van der Waals surface area contributed by atoms with E-state index in [0.29, 0.717) is 0 Å². The van der Waals surface area contributed by atoms with Crippen molar-refractivity contribution < 1.29 is 9.90 Å². The number of aryl methyl sites for hydroxylation is 1. The van der Waals surface area contributed by atoms with E-state index in [-0.39, 0.29) is 17.7 Å². The maximum Gasteiger partial charge on any atom is 0.234 e. The van der Waals surface area contributed by atoms with Gasteiger partial charge in [-0.15, -0.1) is 0 Å². The Balaban J connectivity index is 2.21. The molecule has 1 rings (SSSR count). The van der Waals surface area contributed by atoms with E-state index in [9.17, 15) is 4.79 Å². The van der Waals surface area contributed by atoms with Gasteiger partial charge in [-0.25, -0.2) is 0 Å². The van der Waals surface area contributed by atoms with Crippen LogP contribution in [0.4, 0.5) is 0 Å². The summed E-state index contributed by atoms with van der Waals surface area (Å²) >= 11 is 0. The predicted octanol–water partition coefficient (Wildman–Crippen LogP) is 0.788. The van der Waals surface area contributed by atoms with Gasteiger partial charge in [-0.3, -0.25) is 4.79 Å². The Bertz CT molecular complexity index is 335. The zero-order valence-corrected chi connectivity index (χ0v) is 9.44. The zero-order chi connectivity index (χ0) is 12.0. The van der Waals surface area contributed by atoms with Crippen LogP contribution in [0.5, 0.6) is 5.75 Å². The van der Waals surface area contributed by atoms with E-state index in [1.165, 1.54) is 5.56 Å². The van der Waals surface area contributed by atoms with Crippen molar-refractivity contribution in [1.82, 2.24) is 5.32 Å². The monoisotopic (exact) mass is 222 g/mol. The number of carbonyl (C=O) groups is 1. The quantitative estimate of drug-likeness (QED) is 0.623. The molecule has 0 aliphatic carbocycles. The topological polar surface area (TPSA) is 75.3 Å². The molecule has 0 aromatic heterocycles. The van der Waals surface area contributed by atoms with Gasteiger partial charge in [0.15, 0.2) is 0 Å². The number of benzene rings is 1. The summed E-state index contributed by atoms with van der Waals surface area (Å²) in [6.07, 6.45) is 1.85. The van der Waals surface area contributed by atoms with E-state index in [2.05, 4.69) is 5.32 Å². The van der Waals surface area contributed by atoms with E-state index in [1.54, 1.807) is 19.1 Å². The number of rotatable bonds is 6. The first-order chi connectivity index (χ1) is 7.59. The third-order valence-electron chi connectivity index (χ3n) is 2.46. The number of aromatic hydroxyl groups is 1. The molecule has 0 aliphatic heterocycles. The Morgan fingerprint density at radius 2 is 2.06 bits per heavy atom. The van der Waals surface area contributed by atoms with Crippen LogP contribution in [0.3, 0.4) is 0 Å². The Hall–Kier alpha value is -1.55. The number of phenolic OH excluding ortho intramolecular Hbond substituents is 1. The molecule has 1 aromatic carbocycles. The summed E-state index contributed by atoms with van der Waals surface area (Å²) < 4.78 is 0. The predicted molar refractivity (Wildman–Crippen MR) is 63.1 cm³/mol. The molecule has 0 fully saturated rings. The SMILES string of the molecule is C[C@H](NCCCc1ccc(O)cc1)C(N)=O. The van der Waals surface area contributed by atoms with Crippen molar-refractivity contribution in [3.05, 3.63) is 29.8 Å². The minimum absolute atomic E-state index is 0.278. The highest BCUT2D eigenvalue weighted by Gasteiger charge is 2.05. The van der Waals surface area contributed by atoms with Gasteiger partial charge in [-0.05, 0) is 44.0 Å². The zero-order valence-electron chi connectivity index (χ0n) is 9.44. The average Bonchev–Trinajstić information content (AvgIpc) is 2.26. The summed E-state index contributed by atoms with van der Waals surface area (Å²) in [6, 6.07) is 6.86. The van der Waals surface area contributed by atoms with Crippen molar-refractivity contribution in [2.45, 2.75) is 25.8 Å². The average molecular weight is 222 g/mol. The fourth-order valence-electron chi connectivity index (χ4n) is 1.37. The van der Waals surface area contributed by atoms with Crippen molar-refractivity contribution in [3.63, 3.8) is 0 Å². The van der Waals surface area contributed by atoms with Crippen molar-refractivity contribution in [2.75, 3.05) is 6.54 Å². The molecular formula is C12H18N2O2. The molecule has 1 atom stereocenters. The molecular weight excluding hydrogens is 204 g/mol. The molecule has 0 aliphatic rings. The first-order valence-corrected chi connectivity index (χ1v) is 5.40. The first kappa shape index (κ1) is 12.5. The minimum atomic E-state index is -0.329. The number of hydrogen-bond donors (Lipinski definition) is 3. The normalized spacial score (nSPS) is 12.3. The number of carbonyl (C=O) groups excluding carboxylic acids is 1. The Morgan fingerprint density at radius 3 is 2.62 bits per heavy atom. The fraction of sp³-hybridized carbons (Fsp3) is 0.417. The summed E-state index contributed by atoms with van der Waals surface area (Å²) in [6.45, 7) is 2.51. The third-order valence-corrected chi connectivity index (χ3v) is 2.46. The van der Waals surface area contributed by atoms with Crippen LogP contribution in [0.25, 0.3) is 0 Å². The van der Waals surface area contributed by atoms with E-state index in [0.717, 1.165) is 19.4 Å². The van der Waals surface area contributed by atoms with Crippen LogP contribution >= 0.6 is 0 Å². The summed E-state index contributed by atoms with van der Waals surface area (Å²) in [4.78, 5) is 10.7. The number of primary amides is 1. The van der Waals surface area contributed by atoms with Crippen LogP contribution in [-0.4, -0.2) is 23.6 Å². The van der Waals surface area contributed by atoms with Crippen LogP contribution in [0.15, 0.2) is 24.3 Å². The van der Waals surface area contributed by atoms with E-state index < -0.39 is 0 Å². The van der Waals surface area contributed by atoms with Crippen LogP contribution in [0, 0.1) is 0 Å². The number of phenols is 1. The van der Waals surface area contributed by atoms with Crippen LogP contribution in [0.1, 0.15) is 18.9 Å². The van der Waals surface area contributed by atoms with Gasteiger partial charge in [-0.2, -0.15) is 0 Å². The number of nitrogens with one attached hydrogen (secondary N) is 1. The standard InChI is InChI=1S/C12H18N2O2/c1-9(12(13)16)14-8-2-3-10-4-6-11(15)7-5-10/h4-7,9,14-15H,2-3,8H2,1H3,(H2,13,16)/t9-/m0/s1. The lowest BCUT2D eigenvalue weighted by Crippen LogP contribution is -2.39. The second-order valence-corrected chi connectivity index (χ2v) is 3.85. The highest BCUT2D eigenvalue weighted by atomic mass is 16.3. The number of nitrogens with two attached hydrogens (primary N) is 1. The molecule has 0 heterocycles. The van der Waals surface area contributed by atoms with Gasteiger partial charge in [0, 0.05) is 0 Å². The summed E-state index contributed by atoms with van der Waals surface area (Å²) in [5.41, 5.74) is 6.29. The molecule has 0 saturated carbocycles. The molecule has 4 nitrogen and oxygen atoms in total. The van der Waals surface area contributed by atoms with Gasteiger partial charge in [-0.1, -0.05) is 12.1 Å². The lowest BCUT2D eigenvalue weighted by Gasteiger charge is -2.09. The molecule has 4 N–H and O–H groups in total. The lowest BCUT2D eigenvalue weighted by molar-refractivity contribution is -0.119. The molecule has 0 unspecified atom stereocenters. The second kappa shape index (κ2) is 6.12. The number of hydrogen-bond acceptors (Lipinski definition) is 3. The summed E-state index contributed by atoms with van der Waals surface area (Å²) in [7, 11) is 0. The second-order valence-electron chi connectivity index (χ2n) is 3.85. The van der Waals surface area contributed by atoms with Gasteiger partial charge < -0.3 is 16.2 Å². The van der Waals surface area contributed by atoms with Crippen molar-refractivity contribution >= 4 is 5.91 Å². The van der Waals surface area contributed by atoms with Gasteiger partial charge in [0.25, 0.3) is 0 Å². The highest BCUT2D eigenvalue weighted by Crippen LogP contribution is 2.10. The van der Waals surface area contributed by atoms with Gasteiger partial charge in [0.05, 0.1) is 6.04 Å². The van der Waals surface area contributed by atoms with E-state index in [1.807, 2.05) is 12.1 Å². The smallest absolute Gasteiger partial charge is 0.234 e. The minimum Gasteiger partial charge on any atom is -0.508 e. The maximum atomic E-state index is 10.7. The van der Waals surface area contributed by atoms with Gasteiger partial charge in [0.2, 0.25) is 5.91 Å². The number of amides is 1. The molecule has 0 radical (unpaired) electrons. The maximum absolute atomic E-state index is 10.7. The van der Waals surface area contributed by atoms with Crippen LogP contribution < -0.4 is 11.1 Å². The highest BCUT2D eigenvalue weighted by molar-refractivity contribution is 5.79. The lowest BCUT2D eigenvalue weighted by atomic mass is 10.1. The van der Waals surface area contributed by atoms with Crippen molar-refractivity contribution in [1.29, 1.82) is 0 Å². The van der Waals surface area contributed by atoms with E-state index in [4.69, 9.17) is 10.8 Å². The fourth-order valence-corrected chi connectivity index (χ4v) is 1.37. The molecule has 0 bridgehead atoms. The molecule has 0 saturated heterocycles. The van der Waals surface area contributed by atoms with Gasteiger partial charge in [0.1, 0.15) is 5.75 Å². The van der Waals surface area contributed by atoms with Crippen LogP contribution in [-0.2, 0) is 11.2 Å². The molecule has 88 valence electrons. The summed E-state index contributed by atoms with van der Waals surface area (Å²) in [5.74, 6) is -0.0474. The van der Waals surface area contributed by atoms with Crippen molar-refractivity contribution in [3.8, 4) is 5.75 Å². The van der Waals surface area contributed by atoms with Crippen LogP contribution in [0.2, 0.25) is 0 Å². The molecule has 16 heavy (non-hydrogen) atoms. The Morgan fingerprint density at radius 1 is 1.44 bits per heavy atom. The molecule has 1 amide bonds. The molecule has 0 spiro atoms. The first-order valence-electron chi connectivity index (χ1n) is 5.40. The van der Waals surface area contributed by atoms with Crippen molar-refractivity contribution in [2.24, 2.45) is 5.73 Å².